The molecule has 11 atom stereocenters. The van der Waals surface area contributed by atoms with Crippen LogP contribution in [0.25, 0.3) is 0 Å². The van der Waals surface area contributed by atoms with Gasteiger partial charge in [0.15, 0.2) is 0 Å². The van der Waals surface area contributed by atoms with Crippen molar-refractivity contribution in [2.45, 2.75) is 240 Å². The molecule has 12 amide bonds. The Morgan fingerprint density at radius 1 is 0.457 bits per heavy atom. The predicted molar refractivity (Wildman–Crippen MR) is 401 cm³/mol. The highest BCUT2D eigenvalue weighted by molar-refractivity contribution is 6.00. The molecule has 2 aliphatic heterocycles. The fourth-order valence-electron chi connectivity index (χ4n) is 13.0. The third-order valence-corrected chi connectivity index (χ3v) is 18.9. The van der Waals surface area contributed by atoms with Crippen LogP contribution in [-0.4, -0.2) is 264 Å². The zero-order valence-corrected chi connectivity index (χ0v) is 66.3. The van der Waals surface area contributed by atoms with E-state index in [-0.39, 0.29) is 81.1 Å². The third-order valence-electron chi connectivity index (χ3n) is 18.9. The number of hydrogen-bond donors (Lipinski definition) is 6. The van der Waals surface area contributed by atoms with Crippen LogP contribution in [0, 0.1) is 29.6 Å². The van der Waals surface area contributed by atoms with Crippen LogP contribution in [0.15, 0.2) is 60.7 Å². The van der Waals surface area contributed by atoms with Gasteiger partial charge in [-0.1, -0.05) is 130 Å². The molecule has 0 aromatic heterocycles. The lowest BCUT2D eigenvalue weighted by Gasteiger charge is -2.38. The molecule has 0 radical (unpaired) electrons. The third kappa shape index (κ3) is 28.6. The second kappa shape index (κ2) is 42.3. The number of nitrogens with zero attached hydrogens (tertiary/aromatic N) is 7. The largest absolute Gasteiger partial charge is 0.391 e. The normalized spacial score (nSPS) is 24.6. The number of ether oxygens (including phenoxy) is 2. The Labute approximate surface area is 624 Å². The molecule has 0 bridgehead atoms. The van der Waals surface area contributed by atoms with E-state index in [0.717, 1.165) is 11.3 Å². The van der Waals surface area contributed by atoms with Gasteiger partial charge in [-0.15, -0.1) is 0 Å². The van der Waals surface area contributed by atoms with Gasteiger partial charge < -0.3 is 75.5 Å². The van der Waals surface area contributed by atoms with Gasteiger partial charge in [-0.3, -0.25) is 57.5 Å². The van der Waals surface area contributed by atoms with Crippen molar-refractivity contribution in [3.8, 4) is 0 Å². The number of aliphatic hydroxyl groups excluding tert-OH is 1. The molecule has 0 spiro atoms. The number of hydrogen-bond acceptors (Lipinski definition) is 15. The minimum absolute atomic E-state index is 0.0513. The molecule has 105 heavy (non-hydrogen) atoms. The van der Waals surface area contributed by atoms with E-state index in [0.29, 0.717) is 37.1 Å². The van der Waals surface area contributed by atoms with Gasteiger partial charge >= 0.3 is 0 Å². The quantitative estimate of drug-likeness (QED) is 0.101. The van der Waals surface area contributed by atoms with Gasteiger partial charge in [0.05, 0.1) is 44.5 Å². The van der Waals surface area contributed by atoms with E-state index in [2.05, 4.69) is 26.6 Å². The molecule has 4 rings (SSSR count). The van der Waals surface area contributed by atoms with Crippen LogP contribution in [-0.2, 0) is 79.8 Å². The Morgan fingerprint density at radius 2 is 0.838 bits per heavy atom. The van der Waals surface area contributed by atoms with E-state index in [9.17, 15) is 29.1 Å². The molecule has 0 saturated carbocycles. The first-order valence-electron chi connectivity index (χ1n) is 37.5. The van der Waals surface area contributed by atoms with E-state index >= 15 is 33.6 Å². The van der Waals surface area contributed by atoms with Crippen molar-refractivity contribution in [2.24, 2.45) is 29.6 Å². The van der Waals surface area contributed by atoms with Crippen LogP contribution in [0.2, 0.25) is 0 Å². The monoisotopic (exact) mass is 1470 g/mol. The Hall–Kier alpha value is -8.04. The summed E-state index contributed by atoms with van der Waals surface area (Å²) in [6.45, 7) is 24.1. The summed E-state index contributed by atoms with van der Waals surface area (Å²) in [7, 11) is 8.41. The number of benzene rings is 2. The molecule has 27 nitrogen and oxygen atoms in total. The molecule has 588 valence electrons. The number of likely N-dealkylation sites (tertiary alicyclic amines) is 1. The van der Waals surface area contributed by atoms with Crippen LogP contribution in [0.3, 0.4) is 0 Å². The van der Waals surface area contributed by atoms with Crippen LogP contribution in [0.5, 0.6) is 0 Å². The summed E-state index contributed by atoms with van der Waals surface area (Å²) >= 11 is 0. The van der Waals surface area contributed by atoms with Crippen LogP contribution in [0.1, 0.15) is 166 Å². The number of nitrogens with one attached hydrogen (secondary N) is 5. The zero-order chi connectivity index (χ0) is 78.9. The van der Waals surface area contributed by atoms with Crippen molar-refractivity contribution in [3.05, 3.63) is 71.8 Å². The second-order valence-corrected chi connectivity index (χ2v) is 31.9. The van der Waals surface area contributed by atoms with Gasteiger partial charge in [0.25, 0.3) is 0 Å². The van der Waals surface area contributed by atoms with E-state index < -0.39 is 169 Å². The van der Waals surface area contributed by atoms with Gasteiger partial charge in [-0.2, -0.15) is 0 Å². The molecule has 2 aliphatic rings. The predicted octanol–water partition coefficient (Wildman–Crippen LogP) is 4.35. The van der Waals surface area contributed by atoms with Crippen molar-refractivity contribution >= 4 is 70.9 Å². The van der Waals surface area contributed by atoms with Gasteiger partial charge in [-0.05, 0) is 120 Å². The number of aliphatic hydroxyl groups is 1. The smallest absolute Gasteiger partial charge is 0.247 e. The number of piperidine rings is 1. The minimum Gasteiger partial charge on any atom is -0.391 e. The summed E-state index contributed by atoms with van der Waals surface area (Å²) < 4.78 is 12.0. The van der Waals surface area contributed by atoms with Gasteiger partial charge in [0, 0.05) is 68.2 Å². The highest BCUT2D eigenvalue weighted by Gasteiger charge is 2.44. The number of amides is 12. The first-order valence-corrected chi connectivity index (χ1v) is 37.5. The second-order valence-electron chi connectivity index (χ2n) is 31.9. The van der Waals surface area contributed by atoms with Crippen molar-refractivity contribution in [3.63, 3.8) is 0 Å². The van der Waals surface area contributed by atoms with E-state index in [1.54, 1.807) is 86.3 Å². The van der Waals surface area contributed by atoms with Gasteiger partial charge in [0.2, 0.25) is 70.9 Å². The Kier molecular flexibility index (Phi) is 36.0. The molecule has 2 heterocycles. The lowest BCUT2D eigenvalue weighted by atomic mass is 9.97. The van der Waals surface area contributed by atoms with Crippen molar-refractivity contribution in [1.82, 2.24) is 60.9 Å². The average molecular weight is 1470 g/mol. The molecular formula is C78H126N12O15. The van der Waals surface area contributed by atoms with Crippen LogP contribution in [0.4, 0.5) is 0 Å². The SMILES string of the molecule is CC(C)C[C@@H]1NC(=O)[C@H](Cc2ccccc2)N(C)C(=O)[C@@H](CC(C)C)NC(=O)C[C@@H](C(=O)N2CCCCC2)NC(=O)[C@H](CC(C)C)N(C)C(=O)[C@H](Cc2ccccc2)N(C)C(=O)[C@H](COC(C)(C)C)NC(=O)[C@H](CC(C)C)N(C)C(=O)CN(C)C(=O)[C@H](COC[C@@H](C)O)NC(=O)[C@H](CC(C)C)N(C)C1=O. The van der Waals surface area contributed by atoms with Gasteiger partial charge in [0.1, 0.15) is 60.4 Å². The number of rotatable bonds is 21. The fraction of sp³-hybridized carbons (Fsp3) is 0.692. The van der Waals surface area contributed by atoms with E-state index in [1.165, 1.54) is 73.7 Å². The highest BCUT2D eigenvalue weighted by atomic mass is 16.5. The van der Waals surface area contributed by atoms with E-state index in [4.69, 9.17) is 9.47 Å². The summed E-state index contributed by atoms with van der Waals surface area (Å²) in [5.41, 5.74) is 0.424. The molecule has 2 aromatic rings. The first kappa shape index (κ1) is 89.4. The molecule has 27 heteroatoms. The molecule has 2 fully saturated rings. The lowest BCUT2D eigenvalue weighted by Crippen LogP contribution is -2.62. The average Bonchev–Trinajstić information content (AvgIpc) is 0.823. The minimum atomic E-state index is -1.51. The van der Waals surface area contributed by atoms with Crippen molar-refractivity contribution < 1.29 is 72.1 Å². The highest BCUT2D eigenvalue weighted by Crippen LogP contribution is 2.24. The topological polar surface area (TPSA) is 326 Å². The summed E-state index contributed by atoms with van der Waals surface area (Å²) in [6.07, 6.45) is 0.754. The molecule has 2 saturated heterocycles. The maximum absolute atomic E-state index is 15.7. The molecule has 0 aliphatic carbocycles. The maximum Gasteiger partial charge on any atom is 0.247 e. The van der Waals surface area contributed by atoms with Gasteiger partial charge in [-0.25, -0.2) is 0 Å². The molecule has 2 aromatic carbocycles. The Bertz CT molecular complexity index is 3190. The first-order chi connectivity index (χ1) is 49.1. The van der Waals surface area contributed by atoms with Crippen LogP contribution < -0.4 is 26.6 Å². The summed E-state index contributed by atoms with van der Waals surface area (Å²) in [4.78, 5) is 190. The Balaban J connectivity index is 2.03. The van der Waals surface area contributed by atoms with E-state index in [1.807, 2.05) is 69.2 Å². The lowest BCUT2D eigenvalue weighted by molar-refractivity contribution is -0.151. The summed E-state index contributed by atoms with van der Waals surface area (Å²) in [5, 5.41) is 24.6. The summed E-state index contributed by atoms with van der Waals surface area (Å²) in [6, 6.07) is 4.21. The zero-order valence-electron chi connectivity index (χ0n) is 66.3. The number of carbonyl (C=O) groups is 12. The Morgan fingerprint density at radius 3 is 1.30 bits per heavy atom. The van der Waals surface area contributed by atoms with Crippen molar-refractivity contribution in [1.29, 1.82) is 0 Å². The van der Waals surface area contributed by atoms with Crippen molar-refractivity contribution in [2.75, 3.05) is 81.7 Å². The van der Waals surface area contributed by atoms with Crippen LogP contribution >= 0.6 is 0 Å². The standard InChI is InChI=1S/C78H126N12O15/c1-48(2)36-56-73(99)87(18)64(41-54-30-24-21-25-31-54)71(97)80-57(37-49(3)4)74(100)86(17)62(39-51(7)8)70(96)82-59(46-104-45-53(11)91)72(98)84(15)44-67(93)85(16)61(38-50(5)6)68(94)83-60(47-105-78(12,13)14)75(101)89(20)65(42-55-32-26-22-27-33-55)77(103)88(19)63(40-52(9)10)69(95)81-58(43-66(92)79-56)76(102)90-34-28-23-29-35-90/h21-22,24-27,30-33,48-53,56-65,91H,23,28-29,34-47H2,1-20H3,(H,79,92)(H,80,97)(H,81,95)(H,82,96)(H,83,94)/t53-,56-,57+,58+,59+,60+,61+,62+,63+,64+,65+/m1/s1. The molecular weight excluding hydrogens is 1340 g/mol. The maximum atomic E-state index is 15.7. The molecule has 6 N–H and O–H groups in total. The fourth-order valence-corrected chi connectivity index (χ4v) is 13.0. The number of carbonyl (C=O) groups excluding carboxylic acids is 12. The summed E-state index contributed by atoms with van der Waals surface area (Å²) in [5.74, 6) is -9.85. The molecule has 0 unspecified atom stereocenters. The number of likely N-dealkylation sites (N-methyl/N-ethyl adjacent to an activating group) is 6.